The largest absolute Gasteiger partial charge is 0.465 e. The molecule has 0 unspecified atom stereocenters. The molecule has 0 aromatic heterocycles. The molecular formula is C3H8O4. The number of carbonyl (C=O) groups excluding carboxylic acids is 1. The Morgan fingerprint density at radius 1 is 1.71 bits per heavy atom. The minimum absolute atomic E-state index is 0. The molecular weight excluding hydrogens is 100 g/mol. The van der Waals surface area contributed by atoms with Crippen molar-refractivity contribution in [3.8, 4) is 0 Å². The third kappa shape index (κ3) is 10.8. The summed E-state index contributed by atoms with van der Waals surface area (Å²) in [6, 6.07) is 0. The van der Waals surface area contributed by atoms with E-state index in [1.54, 1.807) is 0 Å². The van der Waals surface area contributed by atoms with Crippen LogP contribution in [-0.2, 0) is 9.53 Å². The summed E-state index contributed by atoms with van der Waals surface area (Å²) in [6.45, 7) is 0.304. The molecule has 0 bridgehead atoms. The molecule has 4 heteroatoms. The third-order valence-corrected chi connectivity index (χ3v) is 0.277. The molecule has 0 radical (unpaired) electrons. The Kier molecular flexibility index (Phi) is 12.4. The van der Waals surface area contributed by atoms with E-state index in [2.05, 4.69) is 4.74 Å². The summed E-state index contributed by atoms with van der Waals surface area (Å²) in [7, 11) is 0. The molecule has 0 rings (SSSR count). The molecule has 0 spiro atoms. The highest BCUT2D eigenvalue weighted by atomic mass is 16.5. The molecule has 0 atom stereocenters. The molecule has 3 N–H and O–H groups in total. The molecule has 0 saturated carbocycles. The van der Waals surface area contributed by atoms with Crippen LogP contribution in [0.2, 0.25) is 0 Å². The Balaban J connectivity index is 0. The maximum Gasteiger partial charge on any atom is 0.293 e. The van der Waals surface area contributed by atoms with E-state index in [4.69, 9.17) is 5.11 Å². The highest BCUT2D eigenvalue weighted by Gasteiger charge is 1.72. The van der Waals surface area contributed by atoms with Crippen LogP contribution in [0.15, 0.2) is 0 Å². The fraction of sp³-hybridized carbons (Fsp3) is 0.667. The van der Waals surface area contributed by atoms with Gasteiger partial charge >= 0.3 is 0 Å². The predicted molar refractivity (Wildman–Crippen MR) is 22.7 cm³/mol. The number of rotatable bonds is 3. The van der Waals surface area contributed by atoms with Gasteiger partial charge in [-0.3, -0.25) is 4.79 Å². The van der Waals surface area contributed by atoms with Gasteiger partial charge in [0.25, 0.3) is 6.47 Å². The number of carbonyl (C=O) groups is 1. The average molecular weight is 108 g/mol. The van der Waals surface area contributed by atoms with Gasteiger partial charge in [0, 0.05) is 0 Å². The first-order valence-electron chi connectivity index (χ1n) is 1.58. The van der Waals surface area contributed by atoms with Gasteiger partial charge in [-0.05, 0) is 0 Å². The van der Waals surface area contributed by atoms with Crippen LogP contribution in [-0.4, -0.2) is 30.3 Å². The molecule has 0 aliphatic carbocycles. The van der Waals surface area contributed by atoms with Crippen LogP contribution in [0.4, 0.5) is 0 Å². The van der Waals surface area contributed by atoms with E-state index in [0.29, 0.717) is 6.47 Å². The monoisotopic (exact) mass is 108 g/mol. The number of ether oxygens (including phenoxy) is 1. The second kappa shape index (κ2) is 9.04. The van der Waals surface area contributed by atoms with Crippen molar-refractivity contribution in [2.75, 3.05) is 13.2 Å². The van der Waals surface area contributed by atoms with Crippen LogP contribution in [0.1, 0.15) is 0 Å². The molecule has 0 aliphatic heterocycles. The van der Waals surface area contributed by atoms with Gasteiger partial charge in [-0.15, -0.1) is 0 Å². The van der Waals surface area contributed by atoms with Crippen LogP contribution in [0.25, 0.3) is 0 Å². The lowest BCUT2D eigenvalue weighted by molar-refractivity contribution is -0.129. The van der Waals surface area contributed by atoms with E-state index in [0.717, 1.165) is 0 Å². The van der Waals surface area contributed by atoms with Crippen LogP contribution in [0.5, 0.6) is 0 Å². The van der Waals surface area contributed by atoms with Gasteiger partial charge in [0.2, 0.25) is 0 Å². The topological polar surface area (TPSA) is 78.0 Å². The van der Waals surface area contributed by atoms with E-state index < -0.39 is 0 Å². The van der Waals surface area contributed by atoms with E-state index >= 15 is 0 Å². The Hall–Kier alpha value is -0.610. The maximum absolute atomic E-state index is 9.23. The number of hydrogen-bond donors (Lipinski definition) is 1. The summed E-state index contributed by atoms with van der Waals surface area (Å²) in [5.74, 6) is 0. The molecule has 0 aliphatic rings. The highest BCUT2D eigenvalue weighted by Crippen LogP contribution is 1.58. The van der Waals surface area contributed by atoms with Crippen LogP contribution in [0.3, 0.4) is 0 Å². The average Bonchev–Trinajstić information content (AvgIpc) is 1.61. The third-order valence-electron chi connectivity index (χ3n) is 0.277. The molecule has 0 amide bonds. The summed E-state index contributed by atoms with van der Waals surface area (Å²) in [5.41, 5.74) is 0. The summed E-state index contributed by atoms with van der Waals surface area (Å²) in [6.07, 6.45) is 0. The van der Waals surface area contributed by atoms with Crippen molar-refractivity contribution in [3.05, 3.63) is 0 Å². The second-order valence-corrected chi connectivity index (χ2v) is 0.691. The molecule has 0 aromatic carbocycles. The van der Waals surface area contributed by atoms with E-state index in [1.807, 2.05) is 0 Å². The fourth-order valence-electron chi connectivity index (χ4n) is 0.101. The highest BCUT2D eigenvalue weighted by molar-refractivity contribution is 5.36. The molecule has 0 aromatic rings. The normalized spacial score (nSPS) is 6.43. The zero-order valence-corrected chi connectivity index (χ0v) is 3.76. The molecule has 0 saturated heterocycles. The first-order chi connectivity index (χ1) is 2.91. The number of hydrogen-bond acceptors (Lipinski definition) is 3. The quantitative estimate of drug-likeness (QED) is 0.346. The predicted octanol–water partition coefficient (Wildman–Crippen LogP) is -1.67. The van der Waals surface area contributed by atoms with Crippen molar-refractivity contribution in [3.63, 3.8) is 0 Å². The van der Waals surface area contributed by atoms with E-state index in [-0.39, 0.29) is 18.7 Å². The Labute approximate surface area is 41.0 Å². The van der Waals surface area contributed by atoms with Crippen LogP contribution in [0, 0.1) is 0 Å². The van der Waals surface area contributed by atoms with Gasteiger partial charge in [-0.1, -0.05) is 0 Å². The SMILES string of the molecule is O.O=COCCO. The van der Waals surface area contributed by atoms with Crippen molar-refractivity contribution in [1.29, 1.82) is 0 Å². The van der Waals surface area contributed by atoms with Crippen LogP contribution < -0.4 is 0 Å². The van der Waals surface area contributed by atoms with E-state index in [1.165, 1.54) is 0 Å². The van der Waals surface area contributed by atoms with Gasteiger partial charge in [0.15, 0.2) is 0 Å². The first kappa shape index (κ1) is 9.63. The standard InChI is InChI=1S/C3H6O3.H2O/c4-1-2-6-3-5;/h3-4H,1-2H2;1H2. The lowest BCUT2D eigenvalue weighted by atomic mass is 10.8. The number of aliphatic hydroxyl groups excluding tert-OH is 1. The molecule has 0 fully saturated rings. The van der Waals surface area contributed by atoms with Gasteiger partial charge in [-0.2, -0.15) is 0 Å². The lowest BCUT2D eigenvalue weighted by Gasteiger charge is -1.86. The van der Waals surface area contributed by atoms with Crippen molar-refractivity contribution in [2.24, 2.45) is 0 Å². The number of aliphatic hydroxyl groups is 1. The van der Waals surface area contributed by atoms with Gasteiger partial charge in [-0.25, -0.2) is 0 Å². The van der Waals surface area contributed by atoms with Crippen molar-refractivity contribution >= 4 is 6.47 Å². The zero-order valence-electron chi connectivity index (χ0n) is 3.76. The lowest BCUT2D eigenvalue weighted by Crippen LogP contribution is -1.95. The second-order valence-electron chi connectivity index (χ2n) is 0.691. The summed E-state index contributed by atoms with van der Waals surface area (Å²) >= 11 is 0. The van der Waals surface area contributed by atoms with Crippen LogP contribution >= 0.6 is 0 Å². The summed E-state index contributed by atoms with van der Waals surface area (Å²) < 4.78 is 4.05. The fourth-order valence-corrected chi connectivity index (χ4v) is 0.101. The minimum atomic E-state index is -0.0985. The summed E-state index contributed by atoms with van der Waals surface area (Å²) in [5, 5.41) is 7.91. The van der Waals surface area contributed by atoms with E-state index in [9.17, 15) is 4.79 Å². The van der Waals surface area contributed by atoms with Crippen molar-refractivity contribution in [2.45, 2.75) is 0 Å². The molecule has 7 heavy (non-hydrogen) atoms. The Morgan fingerprint density at radius 2 is 2.29 bits per heavy atom. The molecule has 0 heterocycles. The maximum atomic E-state index is 9.23. The smallest absolute Gasteiger partial charge is 0.293 e. The van der Waals surface area contributed by atoms with Crippen molar-refractivity contribution in [1.82, 2.24) is 0 Å². The van der Waals surface area contributed by atoms with Gasteiger partial charge < -0.3 is 15.3 Å². The minimum Gasteiger partial charge on any atom is -0.465 e. The van der Waals surface area contributed by atoms with Crippen molar-refractivity contribution < 1.29 is 20.1 Å². The molecule has 44 valence electrons. The molecule has 4 nitrogen and oxygen atoms in total. The first-order valence-corrected chi connectivity index (χ1v) is 1.58. The summed E-state index contributed by atoms with van der Waals surface area (Å²) in [4.78, 5) is 9.23. The Bertz CT molecular complexity index is 35.9. The zero-order chi connectivity index (χ0) is 4.83. The van der Waals surface area contributed by atoms with Gasteiger partial charge in [0.05, 0.1) is 6.61 Å². The van der Waals surface area contributed by atoms with Gasteiger partial charge in [0.1, 0.15) is 6.61 Å². The Morgan fingerprint density at radius 3 is 2.43 bits per heavy atom.